The number of hydrogen-bond acceptors (Lipinski definition) is 10. The van der Waals surface area contributed by atoms with Crippen molar-refractivity contribution in [1.82, 2.24) is 29.8 Å². The molecule has 4 aromatic rings. The molecule has 0 amide bonds. The lowest BCUT2D eigenvalue weighted by atomic mass is 9.90. The van der Waals surface area contributed by atoms with Crippen LogP contribution in [0.25, 0.3) is 16.9 Å². The molecular formula is C31H33F2N7O4. The Kier molecular flexibility index (Phi) is 8.71. The molecule has 0 bridgehead atoms. The number of carbonyl (C=O) groups excluding carboxylic acids is 1. The number of hydroxylamine groups is 2. The molecule has 230 valence electrons. The average Bonchev–Trinajstić information content (AvgIpc) is 3.54. The largest absolute Gasteiger partial charge is 0.389 e. The van der Waals surface area contributed by atoms with Crippen molar-refractivity contribution in [2.24, 2.45) is 5.92 Å². The normalized spacial score (nSPS) is 19.0. The Hall–Kier alpha value is -4.17. The minimum atomic E-state index is -0.946. The molecule has 11 nitrogen and oxygen atoms in total. The number of ketones is 1. The fourth-order valence-corrected chi connectivity index (χ4v) is 5.71. The van der Waals surface area contributed by atoms with Gasteiger partial charge in [-0.1, -0.05) is 18.2 Å². The lowest BCUT2D eigenvalue weighted by Gasteiger charge is -2.35. The van der Waals surface area contributed by atoms with Gasteiger partial charge in [-0.3, -0.25) is 9.63 Å². The predicted octanol–water partition coefficient (Wildman–Crippen LogP) is 3.24. The van der Waals surface area contributed by atoms with Crippen LogP contribution in [0.3, 0.4) is 0 Å². The number of benzene rings is 1. The lowest BCUT2D eigenvalue weighted by Crippen LogP contribution is -2.51. The summed E-state index contributed by atoms with van der Waals surface area (Å²) in [5, 5.41) is 16.2. The van der Waals surface area contributed by atoms with Crippen LogP contribution in [0, 0.1) is 24.7 Å². The van der Waals surface area contributed by atoms with Crippen molar-refractivity contribution in [1.29, 1.82) is 0 Å². The number of pyridine rings is 1. The minimum absolute atomic E-state index is 0.0677. The highest BCUT2D eigenvalue weighted by Gasteiger charge is 2.37. The summed E-state index contributed by atoms with van der Waals surface area (Å²) < 4.78 is 35.0. The topological polar surface area (TPSA) is 119 Å². The number of halogens is 2. The van der Waals surface area contributed by atoms with Gasteiger partial charge in [0.1, 0.15) is 11.9 Å². The van der Waals surface area contributed by atoms with Crippen LogP contribution >= 0.6 is 0 Å². The molecule has 0 unspecified atom stereocenters. The van der Waals surface area contributed by atoms with E-state index in [1.165, 1.54) is 0 Å². The summed E-state index contributed by atoms with van der Waals surface area (Å²) in [4.78, 5) is 33.8. The molecule has 2 saturated heterocycles. The first-order valence-corrected chi connectivity index (χ1v) is 14.4. The van der Waals surface area contributed by atoms with E-state index in [2.05, 4.69) is 15.0 Å². The molecule has 0 saturated carbocycles. The first kappa shape index (κ1) is 29.9. The third kappa shape index (κ3) is 6.36. The van der Waals surface area contributed by atoms with Crippen LogP contribution in [0.4, 0.5) is 14.7 Å². The predicted molar refractivity (Wildman–Crippen MR) is 156 cm³/mol. The summed E-state index contributed by atoms with van der Waals surface area (Å²) in [5.74, 6) is -1.77. The van der Waals surface area contributed by atoms with Crippen LogP contribution in [0.15, 0.2) is 54.9 Å². The van der Waals surface area contributed by atoms with Gasteiger partial charge in [-0.15, -0.1) is 0 Å². The van der Waals surface area contributed by atoms with Gasteiger partial charge < -0.3 is 14.7 Å². The Labute approximate surface area is 253 Å². The Morgan fingerprint density at radius 3 is 2.45 bits per heavy atom. The maximum absolute atomic E-state index is 14.0. The van der Waals surface area contributed by atoms with Gasteiger partial charge in [0.15, 0.2) is 0 Å². The molecule has 0 aliphatic carbocycles. The number of methoxy groups -OCH3 is 1. The number of carbonyl (C=O) groups is 1. The molecule has 44 heavy (non-hydrogen) atoms. The first-order valence-electron chi connectivity index (χ1n) is 14.4. The number of aliphatic hydroxyl groups is 1. The zero-order valence-corrected chi connectivity index (χ0v) is 24.4. The van der Waals surface area contributed by atoms with Crippen LogP contribution < -0.4 is 4.90 Å². The molecule has 3 aromatic heterocycles. The van der Waals surface area contributed by atoms with E-state index >= 15 is 0 Å². The maximum atomic E-state index is 14.0. The summed E-state index contributed by atoms with van der Waals surface area (Å²) in [6, 6.07) is 11.8. The van der Waals surface area contributed by atoms with E-state index in [0.717, 1.165) is 29.1 Å². The molecule has 6 rings (SSSR count). The van der Waals surface area contributed by atoms with Crippen LogP contribution in [0.1, 0.15) is 29.3 Å². The highest BCUT2D eigenvalue weighted by Crippen LogP contribution is 2.37. The summed E-state index contributed by atoms with van der Waals surface area (Å²) in [6.45, 7) is 4.14. The maximum Gasteiger partial charge on any atom is 0.225 e. The molecule has 13 heteroatoms. The smallest absolute Gasteiger partial charge is 0.225 e. The number of para-hydroxylation sites is 1. The monoisotopic (exact) mass is 605 g/mol. The van der Waals surface area contributed by atoms with Crippen LogP contribution in [0.2, 0.25) is 0 Å². The highest BCUT2D eigenvalue weighted by atomic mass is 19.1. The van der Waals surface area contributed by atoms with Gasteiger partial charge in [0, 0.05) is 70.0 Å². The molecule has 5 heterocycles. The van der Waals surface area contributed by atoms with E-state index in [1.807, 2.05) is 42.2 Å². The SMILES string of the molecule is COCCN1C[C@@H](CC(=O)Cc2c(C)c(-c3cnc(N4CC(O)C4)nc3)nn2-c2ccccc2)[C@H](c2cc(F)nc(F)c2)O1. The molecule has 2 atom stereocenters. The van der Waals surface area contributed by atoms with Crippen molar-refractivity contribution in [2.75, 3.05) is 44.8 Å². The van der Waals surface area contributed by atoms with Crippen LogP contribution in [0.5, 0.6) is 0 Å². The number of ether oxygens (including phenoxy) is 1. The standard InChI is InChI=1S/C31H33F2N7O4/c1-19-26(13-24(41)10-21-16-39(8-9-43-2)44-30(21)20-11-27(32)36-28(33)12-20)40(23-6-4-3-5-7-23)37-29(19)22-14-34-31(35-15-22)38-17-25(42)18-38/h3-7,11-12,14-15,21,25,30,42H,8-10,13,16-18H2,1-2H3/t21-,30+/m1/s1. The number of Topliss-reactive ketones (excluding diaryl/α,β-unsaturated/α-hetero) is 1. The second-order valence-electron chi connectivity index (χ2n) is 11.1. The number of hydrogen-bond donors (Lipinski definition) is 1. The average molecular weight is 606 g/mol. The highest BCUT2D eigenvalue weighted by molar-refractivity contribution is 5.82. The lowest BCUT2D eigenvalue weighted by molar-refractivity contribution is -0.155. The summed E-state index contributed by atoms with van der Waals surface area (Å²) in [7, 11) is 1.58. The van der Waals surface area contributed by atoms with Crippen molar-refractivity contribution < 1.29 is 28.3 Å². The van der Waals surface area contributed by atoms with Gasteiger partial charge in [-0.25, -0.2) is 14.6 Å². The Morgan fingerprint density at radius 1 is 1.09 bits per heavy atom. The number of β-amino-alcohol motifs (C(OH)–C–C–N with tert-alkyl or cyclic N) is 1. The number of anilines is 1. The molecule has 2 aliphatic heterocycles. The first-order chi connectivity index (χ1) is 21.3. The molecule has 2 aliphatic rings. The second kappa shape index (κ2) is 12.8. The molecule has 1 N–H and O–H groups in total. The van der Waals surface area contributed by atoms with Gasteiger partial charge in [0.05, 0.1) is 29.8 Å². The van der Waals surface area contributed by atoms with Crippen LogP contribution in [-0.4, -0.2) is 86.7 Å². The number of nitrogens with zero attached hydrogens (tertiary/aromatic N) is 7. The molecule has 1 aromatic carbocycles. The van der Waals surface area contributed by atoms with Gasteiger partial charge >= 0.3 is 0 Å². The quantitative estimate of drug-likeness (QED) is 0.255. The van der Waals surface area contributed by atoms with Gasteiger partial charge in [0.25, 0.3) is 0 Å². The van der Waals surface area contributed by atoms with E-state index in [4.69, 9.17) is 14.7 Å². The number of rotatable bonds is 11. The van der Waals surface area contributed by atoms with Gasteiger partial charge in [-0.05, 0) is 42.3 Å². The fourth-order valence-electron chi connectivity index (χ4n) is 5.71. The van der Waals surface area contributed by atoms with Gasteiger partial charge in [0.2, 0.25) is 17.8 Å². The fraction of sp³-hybridized carbons (Fsp3) is 0.387. The Balaban J connectivity index is 1.26. The number of aliphatic hydroxyl groups excluding tert-OH is 1. The van der Waals surface area contributed by atoms with E-state index in [0.29, 0.717) is 50.0 Å². The van der Waals surface area contributed by atoms with Crippen molar-refractivity contribution in [3.63, 3.8) is 0 Å². The van der Waals surface area contributed by atoms with E-state index in [-0.39, 0.29) is 36.2 Å². The van der Waals surface area contributed by atoms with Crippen molar-refractivity contribution >= 4 is 11.7 Å². The van der Waals surface area contributed by atoms with E-state index in [9.17, 15) is 18.7 Å². The Bertz CT molecular complexity index is 1590. The second-order valence-corrected chi connectivity index (χ2v) is 11.1. The summed E-state index contributed by atoms with van der Waals surface area (Å²) in [5.41, 5.74) is 3.98. The summed E-state index contributed by atoms with van der Waals surface area (Å²) >= 11 is 0. The van der Waals surface area contributed by atoms with E-state index in [1.54, 1.807) is 29.2 Å². The van der Waals surface area contributed by atoms with Crippen molar-refractivity contribution in [2.45, 2.75) is 32.0 Å². The summed E-state index contributed by atoms with van der Waals surface area (Å²) in [6.07, 6.45) is 2.51. The van der Waals surface area contributed by atoms with Gasteiger partial charge in [-0.2, -0.15) is 23.9 Å². The third-order valence-corrected chi connectivity index (χ3v) is 7.94. The zero-order valence-electron chi connectivity index (χ0n) is 24.4. The third-order valence-electron chi connectivity index (χ3n) is 7.94. The molecule has 2 fully saturated rings. The van der Waals surface area contributed by atoms with E-state index < -0.39 is 18.0 Å². The number of aromatic nitrogens is 5. The molecule has 0 radical (unpaired) electrons. The molecular weight excluding hydrogens is 572 g/mol. The van der Waals surface area contributed by atoms with Crippen molar-refractivity contribution in [3.8, 4) is 16.9 Å². The Morgan fingerprint density at radius 2 is 1.80 bits per heavy atom. The zero-order chi connectivity index (χ0) is 30.8. The van der Waals surface area contributed by atoms with Crippen LogP contribution in [-0.2, 0) is 20.8 Å². The van der Waals surface area contributed by atoms with Crippen molar-refractivity contribution in [3.05, 3.63) is 83.6 Å². The molecule has 0 spiro atoms. The minimum Gasteiger partial charge on any atom is -0.389 e.